The van der Waals surface area contributed by atoms with Crippen LogP contribution >= 0.6 is 0 Å². The number of hydrogen-bond acceptors (Lipinski definition) is 3. The maximum absolute atomic E-state index is 11.8. The predicted molar refractivity (Wildman–Crippen MR) is 77.3 cm³/mol. The largest absolute Gasteiger partial charge is 0.462 e. The Bertz CT molecular complexity index is 666. The summed E-state index contributed by atoms with van der Waals surface area (Å²) in [5, 5.41) is 8.82. The quantitative estimate of drug-likeness (QED) is 0.795. The zero-order chi connectivity index (χ0) is 14.5. The van der Waals surface area contributed by atoms with Gasteiger partial charge in [0, 0.05) is 0 Å². The van der Waals surface area contributed by atoms with E-state index >= 15 is 0 Å². The van der Waals surface area contributed by atoms with Crippen LogP contribution in [0.3, 0.4) is 0 Å². The van der Waals surface area contributed by atoms with Gasteiger partial charge in [-0.3, -0.25) is 0 Å². The first-order valence-electron chi connectivity index (χ1n) is 6.44. The van der Waals surface area contributed by atoms with E-state index in [4.69, 9.17) is 10.00 Å². The minimum Gasteiger partial charge on any atom is -0.462 e. The van der Waals surface area contributed by atoms with Crippen LogP contribution in [0.4, 0.5) is 0 Å². The average Bonchev–Trinajstić information content (AvgIpc) is 2.48. The molecule has 2 aromatic carbocycles. The Labute approximate surface area is 118 Å². The van der Waals surface area contributed by atoms with Gasteiger partial charge < -0.3 is 4.74 Å². The maximum Gasteiger partial charge on any atom is 0.338 e. The van der Waals surface area contributed by atoms with Crippen LogP contribution in [0, 0.1) is 18.3 Å². The summed E-state index contributed by atoms with van der Waals surface area (Å²) in [5.41, 5.74) is 4.18. The molecular formula is C17H15NO2. The molecule has 100 valence electrons. The molecule has 0 aliphatic rings. The van der Waals surface area contributed by atoms with Crippen LogP contribution < -0.4 is 0 Å². The van der Waals surface area contributed by atoms with Crippen LogP contribution in [0.2, 0.25) is 0 Å². The number of carbonyl (C=O) groups excluding carboxylic acids is 1. The highest BCUT2D eigenvalue weighted by molar-refractivity contribution is 5.91. The lowest BCUT2D eigenvalue weighted by molar-refractivity contribution is 0.0526. The van der Waals surface area contributed by atoms with Crippen molar-refractivity contribution in [3.8, 4) is 17.2 Å². The fraction of sp³-hybridized carbons (Fsp3) is 0.176. The Morgan fingerprint density at radius 2 is 1.90 bits per heavy atom. The van der Waals surface area contributed by atoms with Gasteiger partial charge in [-0.1, -0.05) is 18.2 Å². The number of nitriles is 1. The van der Waals surface area contributed by atoms with Crippen molar-refractivity contribution in [1.29, 1.82) is 5.26 Å². The molecule has 0 saturated carbocycles. The van der Waals surface area contributed by atoms with Gasteiger partial charge in [-0.25, -0.2) is 4.79 Å². The van der Waals surface area contributed by atoms with Gasteiger partial charge in [0.25, 0.3) is 0 Å². The maximum atomic E-state index is 11.8. The average molecular weight is 265 g/mol. The fourth-order valence-corrected chi connectivity index (χ4v) is 2.00. The molecule has 3 heteroatoms. The number of aryl methyl sites for hydroxylation is 1. The fourth-order valence-electron chi connectivity index (χ4n) is 2.00. The Balaban J connectivity index is 2.42. The van der Waals surface area contributed by atoms with E-state index in [1.807, 2.05) is 31.2 Å². The zero-order valence-corrected chi connectivity index (χ0v) is 11.5. The molecule has 2 aromatic rings. The topological polar surface area (TPSA) is 50.1 Å². The molecule has 0 saturated heterocycles. The highest BCUT2D eigenvalue weighted by atomic mass is 16.5. The molecule has 0 unspecified atom stereocenters. The Morgan fingerprint density at radius 3 is 2.50 bits per heavy atom. The summed E-state index contributed by atoms with van der Waals surface area (Å²) in [4.78, 5) is 11.8. The first-order chi connectivity index (χ1) is 9.65. The SMILES string of the molecule is CCOC(=O)c1ccc(C)c(-c2ccc(C#N)cc2)c1. The molecule has 0 amide bonds. The third kappa shape index (κ3) is 2.86. The second-order valence-corrected chi connectivity index (χ2v) is 4.44. The molecule has 0 atom stereocenters. The molecule has 0 radical (unpaired) electrons. The molecule has 0 spiro atoms. The number of rotatable bonds is 3. The van der Waals surface area contributed by atoms with E-state index in [1.54, 1.807) is 25.1 Å². The van der Waals surface area contributed by atoms with Crippen molar-refractivity contribution < 1.29 is 9.53 Å². The van der Waals surface area contributed by atoms with Crippen molar-refractivity contribution in [3.05, 3.63) is 59.2 Å². The number of hydrogen-bond donors (Lipinski definition) is 0. The van der Waals surface area contributed by atoms with Gasteiger partial charge in [0.15, 0.2) is 0 Å². The van der Waals surface area contributed by atoms with Crippen molar-refractivity contribution in [2.45, 2.75) is 13.8 Å². The molecule has 0 N–H and O–H groups in total. The minimum atomic E-state index is -0.317. The van der Waals surface area contributed by atoms with Crippen molar-refractivity contribution in [2.75, 3.05) is 6.61 Å². The van der Waals surface area contributed by atoms with E-state index in [2.05, 4.69) is 6.07 Å². The summed E-state index contributed by atoms with van der Waals surface area (Å²) in [6.07, 6.45) is 0. The minimum absolute atomic E-state index is 0.317. The lowest BCUT2D eigenvalue weighted by Crippen LogP contribution is -2.04. The summed E-state index contributed by atoms with van der Waals surface area (Å²) in [5.74, 6) is -0.317. The van der Waals surface area contributed by atoms with Gasteiger partial charge in [0.1, 0.15) is 0 Å². The van der Waals surface area contributed by atoms with E-state index in [-0.39, 0.29) is 5.97 Å². The molecule has 3 nitrogen and oxygen atoms in total. The third-order valence-electron chi connectivity index (χ3n) is 3.07. The van der Waals surface area contributed by atoms with Crippen LogP contribution in [0.1, 0.15) is 28.4 Å². The molecule has 0 aromatic heterocycles. The zero-order valence-electron chi connectivity index (χ0n) is 11.5. The molecule has 20 heavy (non-hydrogen) atoms. The highest BCUT2D eigenvalue weighted by Crippen LogP contribution is 2.25. The van der Waals surface area contributed by atoms with Crippen LogP contribution in [0.5, 0.6) is 0 Å². The van der Waals surface area contributed by atoms with Crippen molar-refractivity contribution in [1.82, 2.24) is 0 Å². The van der Waals surface area contributed by atoms with Gasteiger partial charge >= 0.3 is 5.97 Å². The lowest BCUT2D eigenvalue weighted by atomic mass is 9.97. The van der Waals surface area contributed by atoms with Crippen LogP contribution in [-0.4, -0.2) is 12.6 Å². The van der Waals surface area contributed by atoms with Gasteiger partial charge in [0.2, 0.25) is 0 Å². The molecular weight excluding hydrogens is 250 g/mol. The van der Waals surface area contributed by atoms with Gasteiger partial charge in [0.05, 0.1) is 23.8 Å². The number of ether oxygens (including phenoxy) is 1. The number of carbonyl (C=O) groups is 1. The first kappa shape index (κ1) is 13.8. The second kappa shape index (κ2) is 6.03. The standard InChI is InChI=1S/C17H15NO2/c1-3-20-17(19)15-7-4-12(2)16(10-15)14-8-5-13(11-18)6-9-14/h4-10H,3H2,1-2H3. The van der Waals surface area contributed by atoms with Crippen LogP contribution in [0.15, 0.2) is 42.5 Å². The van der Waals surface area contributed by atoms with E-state index in [1.165, 1.54) is 0 Å². The van der Waals surface area contributed by atoms with E-state index in [0.717, 1.165) is 16.7 Å². The molecule has 0 aliphatic heterocycles. The molecule has 0 fully saturated rings. The van der Waals surface area contributed by atoms with Gasteiger partial charge in [-0.15, -0.1) is 0 Å². The monoisotopic (exact) mass is 265 g/mol. The Morgan fingerprint density at radius 1 is 1.20 bits per heavy atom. The smallest absolute Gasteiger partial charge is 0.338 e. The molecule has 0 heterocycles. The van der Waals surface area contributed by atoms with Gasteiger partial charge in [-0.05, 0) is 54.8 Å². The number of esters is 1. The summed E-state index contributed by atoms with van der Waals surface area (Å²) < 4.78 is 5.01. The van der Waals surface area contributed by atoms with Crippen molar-refractivity contribution >= 4 is 5.97 Å². The Hall–Kier alpha value is -2.60. The molecule has 0 bridgehead atoms. The van der Waals surface area contributed by atoms with Crippen molar-refractivity contribution in [2.24, 2.45) is 0 Å². The van der Waals surface area contributed by atoms with Crippen LogP contribution in [0.25, 0.3) is 11.1 Å². The van der Waals surface area contributed by atoms with Crippen LogP contribution in [-0.2, 0) is 4.74 Å². The lowest BCUT2D eigenvalue weighted by Gasteiger charge is -2.09. The third-order valence-corrected chi connectivity index (χ3v) is 3.07. The van der Waals surface area contributed by atoms with Crippen molar-refractivity contribution in [3.63, 3.8) is 0 Å². The normalized spacial score (nSPS) is 9.85. The molecule has 2 rings (SSSR count). The van der Waals surface area contributed by atoms with E-state index in [9.17, 15) is 4.79 Å². The summed E-state index contributed by atoms with van der Waals surface area (Å²) >= 11 is 0. The Kier molecular flexibility index (Phi) is 4.17. The van der Waals surface area contributed by atoms with E-state index in [0.29, 0.717) is 17.7 Å². The summed E-state index contributed by atoms with van der Waals surface area (Å²) in [6, 6.07) is 14.9. The second-order valence-electron chi connectivity index (χ2n) is 4.44. The number of benzene rings is 2. The highest BCUT2D eigenvalue weighted by Gasteiger charge is 2.10. The van der Waals surface area contributed by atoms with E-state index < -0.39 is 0 Å². The molecule has 0 aliphatic carbocycles. The van der Waals surface area contributed by atoms with Gasteiger partial charge in [-0.2, -0.15) is 5.26 Å². The predicted octanol–water partition coefficient (Wildman–Crippen LogP) is 3.71. The number of nitrogens with zero attached hydrogens (tertiary/aromatic N) is 1. The first-order valence-corrected chi connectivity index (χ1v) is 6.44. The summed E-state index contributed by atoms with van der Waals surface area (Å²) in [6.45, 7) is 4.13. The summed E-state index contributed by atoms with van der Waals surface area (Å²) in [7, 11) is 0.